The van der Waals surface area contributed by atoms with Gasteiger partial charge in [0.05, 0.1) is 6.61 Å². The molecule has 1 fully saturated rings. The van der Waals surface area contributed by atoms with Gasteiger partial charge in [-0.05, 0) is 68.6 Å². The van der Waals surface area contributed by atoms with E-state index < -0.39 is 5.91 Å². The number of hydrogen-bond donors (Lipinski definition) is 5. The molecule has 1 saturated carbocycles. The van der Waals surface area contributed by atoms with E-state index in [9.17, 15) is 9.59 Å². The molecule has 0 radical (unpaired) electrons. The largest absolute Gasteiger partial charge is 0.478 e. The number of hydrogen-bond acceptors (Lipinski definition) is 9. The highest BCUT2D eigenvalue weighted by molar-refractivity contribution is 7.99. The zero-order valence-corrected chi connectivity index (χ0v) is 20.0. The Kier molecular flexibility index (Phi) is 8.16. The van der Waals surface area contributed by atoms with Gasteiger partial charge in [-0.1, -0.05) is 0 Å². The number of carbonyl (C=O) groups excluding carboxylic acids is 2. The van der Waals surface area contributed by atoms with Crippen LogP contribution in [0.15, 0.2) is 46.5 Å². The van der Waals surface area contributed by atoms with E-state index in [1.807, 2.05) is 37.3 Å². The summed E-state index contributed by atoms with van der Waals surface area (Å²) in [5.74, 6) is 1.32. The van der Waals surface area contributed by atoms with Crippen LogP contribution in [0, 0.1) is 12.8 Å². The number of rotatable bonds is 12. The summed E-state index contributed by atoms with van der Waals surface area (Å²) < 4.78 is 5.80. The molecule has 11 nitrogen and oxygen atoms in total. The lowest BCUT2D eigenvalue weighted by molar-refractivity contribution is -0.129. The number of anilines is 3. The Balaban J connectivity index is 1.42. The lowest BCUT2D eigenvalue weighted by Gasteiger charge is -2.10. The summed E-state index contributed by atoms with van der Waals surface area (Å²) in [6.07, 6.45) is 3.33. The lowest BCUT2D eigenvalue weighted by atomic mass is 10.2. The monoisotopic (exact) mass is 497 g/mol. The van der Waals surface area contributed by atoms with Gasteiger partial charge in [-0.15, -0.1) is 0 Å². The smallest absolute Gasteiger partial charge is 0.243 e. The summed E-state index contributed by atoms with van der Waals surface area (Å²) in [7, 11) is 0. The van der Waals surface area contributed by atoms with Gasteiger partial charge in [0.2, 0.25) is 17.7 Å². The number of ether oxygens (including phenoxy) is 1. The zero-order chi connectivity index (χ0) is 24.6. The fraction of sp³-hybridized carbons (Fsp3) is 0.348. The SMILES string of the molecule is Cc1cc(Nc2cc(OCCCCC(=O)NO)nc(Sc3ccc(NC(=O)C4CC4)cc3)n2)n[nH]1. The van der Waals surface area contributed by atoms with Gasteiger partial charge in [0.1, 0.15) is 5.82 Å². The van der Waals surface area contributed by atoms with Gasteiger partial charge in [-0.25, -0.2) is 10.5 Å². The number of hydroxylamine groups is 1. The minimum Gasteiger partial charge on any atom is -0.478 e. The Morgan fingerprint density at radius 2 is 1.94 bits per heavy atom. The average Bonchev–Trinajstić information content (AvgIpc) is 3.62. The van der Waals surface area contributed by atoms with Crippen molar-refractivity contribution in [3.8, 4) is 5.88 Å². The molecule has 1 aromatic carbocycles. The molecule has 0 saturated heterocycles. The quantitative estimate of drug-likeness (QED) is 0.109. The van der Waals surface area contributed by atoms with Crippen LogP contribution in [0.4, 0.5) is 17.3 Å². The van der Waals surface area contributed by atoms with Crippen LogP contribution in [0.1, 0.15) is 37.8 Å². The fourth-order valence-corrected chi connectivity index (χ4v) is 3.89. The number of aromatic amines is 1. The molecule has 4 rings (SSSR count). The third-order valence-electron chi connectivity index (χ3n) is 5.10. The van der Waals surface area contributed by atoms with Gasteiger partial charge < -0.3 is 15.4 Å². The average molecular weight is 498 g/mol. The van der Waals surface area contributed by atoms with Crippen LogP contribution in [-0.2, 0) is 9.59 Å². The first-order valence-electron chi connectivity index (χ1n) is 11.3. The van der Waals surface area contributed by atoms with E-state index in [1.54, 1.807) is 11.5 Å². The molecular formula is C23H27N7O4S. The third kappa shape index (κ3) is 7.69. The Hall–Kier alpha value is -3.64. The predicted octanol–water partition coefficient (Wildman–Crippen LogP) is 3.81. The Morgan fingerprint density at radius 1 is 1.14 bits per heavy atom. The van der Waals surface area contributed by atoms with E-state index in [0.29, 0.717) is 42.1 Å². The van der Waals surface area contributed by atoms with Crippen LogP contribution in [0.2, 0.25) is 0 Å². The van der Waals surface area contributed by atoms with Crippen molar-refractivity contribution in [1.29, 1.82) is 0 Å². The summed E-state index contributed by atoms with van der Waals surface area (Å²) in [5.41, 5.74) is 3.29. The molecule has 2 amide bonds. The molecule has 2 aromatic heterocycles. The molecule has 0 unspecified atom stereocenters. The van der Waals surface area contributed by atoms with E-state index in [0.717, 1.165) is 29.1 Å². The molecule has 12 heteroatoms. The maximum atomic E-state index is 12.0. The molecule has 184 valence electrons. The lowest BCUT2D eigenvalue weighted by Crippen LogP contribution is -2.18. The Bertz CT molecular complexity index is 1160. The van der Waals surface area contributed by atoms with Crippen molar-refractivity contribution >= 4 is 40.9 Å². The van der Waals surface area contributed by atoms with Crippen molar-refractivity contribution in [2.75, 3.05) is 17.2 Å². The van der Waals surface area contributed by atoms with Crippen LogP contribution in [0.25, 0.3) is 0 Å². The second-order valence-corrected chi connectivity index (χ2v) is 9.21. The Morgan fingerprint density at radius 3 is 2.63 bits per heavy atom. The maximum Gasteiger partial charge on any atom is 0.243 e. The number of nitrogens with one attached hydrogen (secondary N) is 4. The normalized spacial score (nSPS) is 12.7. The molecule has 35 heavy (non-hydrogen) atoms. The van der Waals surface area contributed by atoms with Gasteiger partial charge in [0.25, 0.3) is 0 Å². The summed E-state index contributed by atoms with van der Waals surface area (Å²) in [5, 5.41) is 22.2. The molecule has 3 aromatic rings. The van der Waals surface area contributed by atoms with E-state index in [2.05, 4.69) is 30.8 Å². The number of benzene rings is 1. The first-order valence-corrected chi connectivity index (χ1v) is 12.1. The molecule has 1 aliphatic rings. The second kappa shape index (κ2) is 11.7. The third-order valence-corrected chi connectivity index (χ3v) is 5.97. The van der Waals surface area contributed by atoms with Crippen molar-refractivity contribution in [2.45, 2.75) is 49.1 Å². The summed E-state index contributed by atoms with van der Waals surface area (Å²) in [4.78, 5) is 33.1. The van der Waals surface area contributed by atoms with Gasteiger partial charge in [0, 0.05) is 40.7 Å². The molecule has 5 N–H and O–H groups in total. The standard InChI is InChI=1S/C23H27N7O4S/c1-14-12-19(29-28-14)25-18-13-21(34-11-3-2-4-20(31)30-33)27-23(26-18)35-17-9-7-16(8-10-17)24-22(32)15-5-6-15/h7-10,12-13,15,33H,2-6,11H2,1H3,(H,24,32)(H,30,31)(H2,25,26,27,28,29). The number of amides is 2. The molecule has 0 bridgehead atoms. The van der Waals surface area contributed by atoms with Gasteiger partial charge in [-0.2, -0.15) is 10.1 Å². The fourth-order valence-electron chi connectivity index (χ4n) is 3.12. The number of aromatic nitrogens is 4. The highest BCUT2D eigenvalue weighted by Crippen LogP contribution is 2.32. The number of carbonyl (C=O) groups is 2. The van der Waals surface area contributed by atoms with Crippen LogP contribution in [0.5, 0.6) is 5.88 Å². The highest BCUT2D eigenvalue weighted by atomic mass is 32.2. The van der Waals surface area contributed by atoms with Crippen LogP contribution >= 0.6 is 11.8 Å². The van der Waals surface area contributed by atoms with Crippen LogP contribution in [-0.4, -0.2) is 43.8 Å². The number of nitrogens with zero attached hydrogens (tertiary/aromatic N) is 3. The molecule has 0 aliphatic heterocycles. The van der Waals surface area contributed by atoms with Crippen LogP contribution in [0.3, 0.4) is 0 Å². The molecule has 0 atom stereocenters. The number of aryl methyl sites for hydroxylation is 1. The molecule has 1 aliphatic carbocycles. The van der Waals surface area contributed by atoms with Gasteiger partial charge >= 0.3 is 0 Å². The number of H-pyrrole nitrogens is 1. The number of unbranched alkanes of at least 4 members (excludes halogenated alkanes) is 1. The van der Waals surface area contributed by atoms with Crippen LogP contribution < -0.4 is 20.9 Å². The van der Waals surface area contributed by atoms with Gasteiger partial charge in [-0.3, -0.25) is 19.9 Å². The predicted molar refractivity (Wildman–Crippen MR) is 130 cm³/mol. The highest BCUT2D eigenvalue weighted by Gasteiger charge is 2.29. The van der Waals surface area contributed by atoms with Gasteiger partial charge in [0.15, 0.2) is 11.0 Å². The topological polar surface area (TPSA) is 154 Å². The Labute approximate surface area is 206 Å². The summed E-state index contributed by atoms with van der Waals surface area (Å²) >= 11 is 1.36. The minimum absolute atomic E-state index is 0.0693. The van der Waals surface area contributed by atoms with E-state index in [4.69, 9.17) is 9.94 Å². The summed E-state index contributed by atoms with van der Waals surface area (Å²) in [6.45, 7) is 2.26. The van der Waals surface area contributed by atoms with Crippen molar-refractivity contribution in [3.05, 3.63) is 42.1 Å². The maximum absolute atomic E-state index is 12.0. The first-order chi connectivity index (χ1) is 17.0. The van der Waals surface area contributed by atoms with E-state index in [1.165, 1.54) is 11.8 Å². The first kappa shape index (κ1) is 24.5. The minimum atomic E-state index is -0.426. The molecule has 2 heterocycles. The van der Waals surface area contributed by atoms with Crippen molar-refractivity contribution in [3.63, 3.8) is 0 Å². The molecule has 0 spiro atoms. The van der Waals surface area contributed by atoms with Crippen molar-refractivity contribution in [2.24, 2.45) is 5.92 Å². The summed E-state index contributed by atoms with van der Waals surface area (Å²) in [6, 6.07) is 11.1. The second-order valence-electron chi connectivity index (χ2n) is 8.17. The molecular weight excluding hydrogens is 470 g/mol. The van der Waals surface area contributed by atoms with Crippen molar-refractivity contribution < 1.29 is 19.5 Å². The van der Waals surface area contributed by atoms with Crippen molar-refractivity contribution in [1.82, 2.24) is 25.6 Å². The van der Waals surface area contributed by atoms with E-state index in [-0.39, 0.29) is 18.2 Å². The zero-order valence-electron chi connectivity index (χ0n) is 19.2. The van der Waals surface area contributed by atoms with E-state index >= 15 is 0 Å².